The van der Waals surface area contributed by atoms with E-state index in [1.165, 1.54) is 24.8 Å². The quantitative estimate of drug-likeness (QED) is 0.151. The Morgan fingerprint density at radius 3 is 2.33 bits per heavy atom. The topological polar surface area (TPSA) is 97.8 Å². The number of piperidine rings is 1. The molecule has 0 unspecified atom stereocenters. The Bertz CT molecular complexity index is 2110. The molecule has 3 N–H and O–H groups in total. The lowest BCUT2D eigenvalue weighted by molar-refractivity contribution is 0.221. The van der Waals surface area contributed by atoms with Crippen molar-refractivity contribution in [1.82, 2.24) is 9.88 Å². The SMILES string of the molecule is O=S(=O)(Nc1ccc2[nH]c(O)c(C(=Nc3ccc(CN4CCCCC4)cc3)c3ccccc3)c2c1)c1cccc2ccccc12. The standard InChI is InChI=1S/C37H34N4O3S/c42-37-35(36(28-11-3-1-4-12-28)38-29-18-16-26(17-19-29)25-41-22-7-2-8-23-41)32-24-30(20-21-33(32)39-37)40-45(43,44)34-15-9-13-27-10-5-6-14-31(27)34/h1,3-6,9-21,24,39-40,42H,2,7-8,22-23,25H2. The highest BCUT2D eigenvalue weighted by atomic mass is 32.2. The summed E-state index contributed by atoms with van der Waals surface area (Å²) in [4.78, 5) is 10.8. The van der Waals surface area contributed by atoms with E-state index < -0.39 is 10.0 Å². The summed E-state index contributed by atoms with van der Waals surface area (Å²) in [5.74, 6) is -0.0385. The molecule has 0 bridgehead atoms. The van der Waals surface area contributed by atoms with E-state index in [4.69, 9.17) is 4.99 Å². The third kappa shape index (κ3) is 6.07. The van der Waals surface area contributed by atoms with Crippen LogP contribution in [0.3, 0.4) is 0 Å². The van der Waals surface area contributed by atoms with Gasteiger partial charge < -0.3 is 10.1 Å². The number of nitrogens with zero attached hydrogens (tertiary/aromatic N) is 2. The molecule has 0 spiro atoms. The monoisotopic (exact) mass is 614 g/mol. The number of anilines is 1. The second kappa shape index (κ2) is 12.2. The summed E-state index contributed by atoms with van der Waals surface area (Å²) >= 11 is 0. The van der Waals surface area contributed by atoms with Crippen LogP contribution >= 0.6 is 0 Å². The molecule has 1 aliphatic rings. The van der Waals surface area contributed by atoms with E-state index in [0.717, 1.165) is 36.3 Å². The zero-order valence-electron chi connectivity index (χ0n) is 24.8. The van der Waals surface area contributed by atoms with Gasteiger partial charge in [0.15, 0.2) is 5.88 Å². The Morgan fingerprint density at radius 2 is 1.53 bits per heavy atom. The number of aromatic hydroxyl groups is 1. The second-order valence-corrected chi connectivity index (χ2v) is 13.2. The van der Waals surface area contributed by atoms with E-state index in [9.17, 15) is 13.5 Å². The van der Waals surface area contributed by atoms with Gasteiger partial charge in [0.25, 0.3) is 10.0 Å². The van der Waals surface area contributed by atoms with Gasteiger partial charge in [-0.15, -0.1) is 0 Å². The molecule has 5 aromatic carbocycles. The molecule has 6 aromatic rings. The van der Waals surface area contributed by atoms with Gasteiger partial charge in [-0.2, -0.15) is 0 Å². The molecule has 1 saturated heterocycles. The fraction of sp³-hybridized carbons (Fsp3) is 0.162. The highest BCUT2D eigenvalue weighted by Gasteiger charge is 2.22. The van der Waals surface area contributed by atoms with Gasteiger partial charge in [-0.05, 0) is 73.3 Å². The van der Waals surface area contributed by atoms with Crippen LogP contribution in [0.1, 0.15) is 36.0 Å². The molecule has 7 nitrogen and oxygen atoms in total. The summed E-state index contributed by atoms with van der Waals surface area (Å²) in [7, 11) is -3.91. The molecule has 0 radical (unpaired) electrons. The van der Waals surface area contributed by atoms with E-state index in [1.807, 2.05) is 66.7 Å². The number of fused-ring (bicyclic) bond motifs is 2. The smallest absolute Gasteiger partial charge is 0.262 e. The maximum Gasteiger partial charge on any atom is 0.262 e. The number of nitrogens with one attached hydrogen (secondary N) is 2. The van der Waals surface area contributed by atoms with Crippen molar-refractivity contribution in [3.63, 3.8) is 0 Å². The molecule has 1 aliphatic heterocycles. The maximum atomic E-state index is 13.6. The van der Waals surface area contributed by atoms with Gasteiger partial charge in [0.05, 0.1) is 21.9 Å². The third-order valence-electron chi connectivity index (χ3n) is 8.39. The van der Waals surface area contributed by atoms with Gasteiger partial charge in [-0.25, -0.2) is 13.4 Å². The summed E-state index contributed by atoms with van der Waals surface area (Å²) in [6.45, 7) is 3.20. The van der Waals surface area contributed by atoms with Crippen molar-refractivity contribution in [1.29, 1.82) is 0 Å². The molecule has 0 amide bonds. The fourth-order valence-corrected chi connectivity index (χ4v) is 7.44. The summed E-state index contributed by atoms with van der Waals surface area (Å²) < 4.78 is 29.9. The lowest BCUT2D eigenvalue weighted by atomic mass is 10.0. The lowest BCUT2D eigenvalue weighted by Crippen LogP contribution is -2.28. The van der Waals surface area contributed by atoms with E-state index >= 15 is 0 Å². The van der Waals surface area contributed by atoms with Crippen LogP contribution in [0.15, 0.2) is 125 Å². The van der Waals surface area contributed by atoms with Gasteiger partial charge in [0.2, 0.25) is 0 Å². The van der Waals surface area contributed by atoms with Crippen LogP contribution in [0.5, 0.6) is 5.88 Å². The Balaban J connectivity index is 1.26. The number of likely N-dealkylation sites (tertiary alicyclic amines) is 1. The minimum atomic E-state index is -3.91. The number of hydrogen-bond donors (Lipinski definition) is 3. The van der Waals surface area contributed by atoms with Crippen molar-refractivity contribution in [3.8, 4) is 5.88 Å². The van der Waals surface area contributed by atoms with Crippen molar-refractivity contribution < 1.29 is 13.5 Å². The summed E-state index contributed by atoms with van der Waals surface area (Å²) in [5, 5.41) is 13.3. The molecule has 226 valence electrons. The molecule has 0 aliphatic carbocycles. The van der Waals surface area contributed by atoms with Crippen molar-refractivity contribution in [2.75, 3.05) is 17.8 Å². The molecule has 7 rings (SSSR count). The molecule has 2 heterocycles. The first-order valence-corrected chi connectivity index (χ1v) is 16.7. The van der Waals surface area contributed by atoms with Crippen molar-refractivity contribution in [3.05, 3.63) is 132 Å². The van der Waals surface area contributed by atoms with Gasteiger partial charge in [0.1, 0.15) is 0 Å². The van der Waals surface area contributed by atoms with Crippen LogP contribution in [0.4, 0.5) is 11.4 Å². The van der Waals surface area contributed by atoms with Crippen molar-refractivity contribution in [2.45, 2.75) is 30.7 Å². The summed E-state index contributed by atoms with van der Waals surface area (Å²) in [6.07, 6.45) is 3.82. The predicted octanol–water partition coefficient (Wildman–Crippen LogP) is 7.98. The van der Waals surface area contributed by atoms with Gasteiger partial charge in [0, 0.05) is 34.1 Å². The zero-order valence-corrected chi connectivity index (χ0v) is 25.6. The average Bonchev–Trinajstić information content (AvgIpc) is 3.39. The number of sulfonamides is 1. The summed E-state index contributed by atoms with van der Waals surface area (Å²) in [5.41, 5.74) is 4.96. The molecule has 1 aromatic heterocycles. The Labute approximate surface area is 262 Å². The molecule has 45 heavy (non-hydrogen) atoms. The molecule has 8 heteroatoms. The van der Waals surface area contributed by atoms with E-state index in [-0.39, 0.29) is 10.8 Å². The highest BCUT2D eigenvalue weighted by molar-refractivity contribution is 7.93. The number of aliphatic imine (C=N–C) groups is 1. The number of H-pyrrole nitrogens is 1. The molecule has 0 saturated carbocycles. The normalized spacial score (nSPS) is 14.6. The molecular formula is C37H34N4O3S. The van der Waals surface area contributed by atoms with Crippen LogP contribution in [0, 0.1) is 0 Å². The maximum absolute atomic E-state index is 13.6. The second-order valence-electron chi connectivity index (χ2n) is 11.5. The zero-order chi connectivity index (χ0) is 30.8. The van der Waals surface area contributed by atoms with Crippen LogP contribution in [-0.4, -0.2) is 42.2 Å². The number of benzene rings is 5. The minimum absolute atomic E-state index is 0.0385. The average molecular weight is 615 g/mol. The van der Waals surface area contributed by atoms with Gasteiger partial charge in [-0.3, -0.25) is 9.62 Å². The van der Waals surface area contributed by atoms with Crippen LogP contribution in [0.2, 0.25) is 0 Å². The Hall–Kier alpha value is -4.92. The highest BCUT2D eigenvalue weighted by Crippen LogP contribution is 2.34. The molecular weight excluding hydrogens is 580 g/mol. The van der Waals surface area contributed by atoms with Gasteiger partial charge >= 0.3 is 0 Å². The predicted molar refractivity (Wildman–Crippen MR) is 182 cm³/mol. The minimum Gasteiger partial charge on any atom is -0.494 e. The molecule has 1 fully saturated rings. The largest absolute Gasteiger partial charge is 0.494 e. The van der Waals surface area contributed by atoms with E-state index in [2.05, 4.69) is 26.7 Å². The summed E-state index contributed by atoms with van der Waals surface area (Å²) in [6, 6.07) is 35.8. The van der Waals surface area contributed by atoms with Crippen LogP contribution in [-0.2, 0) is 16.6 Å². The van der Waals surface area contributed by atoms with Crippen molar-refractivity contribution >= 4 is 48.8 Å². The number of aromatic nitrogens is 1. The first-order valence-electron chi connectivity index (χ1n) is 15.3. The fourth-order valence-electron chi connectivity index (χ4n) is 6.16. The number of aromatic amines is 1. The molecule has 0 atom stereocenters. The van der Waals surface area contributed by atoms with Gasteiger partial charge in [-0.1, -0.05) is 85.3 Å². The lowest BCUT2D eigenvalue weighted by Gasteiger charge is -2.26. The first kappa shape index (κ1) is 28.8. The Kier molecular flexibility index (Phi) is 7.83. The number of rotatable bonds is 8. The van der Waals surface area contributed by atoms with E-state index in [0.29, 0.717) is 33.3 Å². The Morgan fingerprint density at radius 1 is 0.800 bits per heavy atom. The third-order valence-corrected chi connectivity index (χ3v) is 9.83. The first-order chi connectivity index (χ1) is 21.9. The van der Waals surface area contributed by atoms with Crippen molar-refractivity contribution in [2.24, 2.45) is 4.99 Å². The van der Waals surface area contributed by atoms with E-state index in [1.54, 1.807) is 36.4 Å². The number of hydrogen-bond acceptors (Lipinski definition) is 5. The van der Waals surface area contributed by atoms with Crippen LogP contribution < -0.4 is 4.72 Å². The van der Waals surface area contributed by atoms with Crippen LogP contribution in [0.25, 0.3) is 21.7 Å².